The Labute approximate surface area is 204 Å². The Morgan fingerprint density at radius 2 is 1.92 bits per heavy atom. The van der Waals surface area contributed by atoms with Gasteiger partial charge in [-0.05, 0) is 44.0 Å². The van der Waals surface area contributed by atoms with Crippen molar-refractivity contribution in [3.8, 4) is 17.3 Å². The summed E-state index contributed by atoms with van der Waals surface area (Å²) in [6, 6.07) is 10.1. The number of para-hydroxylation sites is 1. The van der Waals surface area contributed by atoms with Crippen molar-refractivity contribution in [1.82, 2.24) is 24.5 Å². The molecule has 1 unspecified atom stereocenters. The fraction of sp³-hybridized carbons (Fsp3) is 0.400. The van der Waals surface area contributed by atoms with E-state index < -0.39 is 24.4 Å². The van der Waals surface area contributed by atoms with Crippen LogP contribution in [-0.2, 0) is 0 Å². The third-order valence-corrected chi connectivity index (χ3v) is 6.37. The van der Waals surface area contributed by atoms with Gasteiger partial charge in [-0.25, -0.2) is 9.37 Å². The Morgan fingerprint density at radius 3 is 2.61 bits per heavy atom. The van der Waals surface area contributed by atoms with E-state index in [1.54, 1.807) is 6.07 Å². The van der Waals surface area contributed by atoms with Crippen molar-refractivity contribution >= 4 is 16.6 Å². The van der Waals surface area contributed by atoms with Crippen molar-refractivity contribution in [3.05, 3.63) is 54.2 Å². The number of ether oxygens (including phenoxy) is 1. The SMILES string of the molecule is CC(C)Oc1cccc2ccc(-c3nnc4ccc([C@@H](N5CCC(N)(CF)C5)C(F)(F)F)cn34)nc12. The molecule has 3 aromatic heterocycles. The molecule has 5 rings (SSSR count). The molecule has 0 saturated carbocycles. The largest absolute Gasteiger partial charge is 0.489 e. The molecule has 0 radical (unpaired) electrons. The molecule has 7 nitrogen and oxygen atoms in total. The molecule has 4 aromatic rings. The number of nitrogens with two attached hydrogens (primary N) is 1. The lowest BCUT2D eigenvalue weighted by atomic mass is 10.0. The minimum Gasteiger partial charge on any atom is -0.489 e. The molecule has 36 heavy (non-hydrogen) atoms. The molecule has 0 amide bonds. The molecule has 11 heteroatoms. The first-order valence-electron chi connectivity index (χ1n) is 11.6. The molecule has 1 saturated heterocycles. The molecule has 4 heterocycles. The Balaban J connectivity index is 1.58. The maximum atomic E-state index is 14.2. The summed E-state index contributed by atoms with van der Waals surface area (Å²) < 4.78 is 63.5. The summed E-state index contributed by atoms with van der Waals surface area (Å²) in [6.45, 7) is 2.80. The first kappa shape index (κ1) is 24.4. The summed E-state index contributed by atoms with van der Waals surface area (Å²) >= 11 is 0. The van der Waals surface area contributed by atoms with Crippen molar-refractivity contribution in [2.45, 2.75) is 44.1 Å². The van der Waals surface area contributed by atoms with Gasteiger partial charge in [-0.1, -0.05) is 24.3 Å². The number of benzene rings is 1. The molecule has 1 aliphatic heterocycles. The van der Waals surface area contributed by atoms with Crippen LogP contribution in [0.15, 0.2) is 48.7 Å². The average Bonchev–Trinajstić information content (AvgIpc) is 3.42. The van der Waals surface area contributed by atoms with Crippen LogP contribution in [0.4, 0.5) is 17.6 Å². The lowest BCUT2D eigenvalue weighted by Crippen LogP contribution is -2.47. The fourth-order valence-corrected chi connectivity index (χ4v) is 4.70. The van der Waals surface area contributed by atoms with E-state index in [9.17, 15) is 17.6 Å². The van der Waals surface area contributed by atoms with Gasteiger partial charge in [0.1, 0.15) is 29.7 Å². The van der Waals surface area contributed by atoms with E-state index >= 15 is 0 Å². The van der Waals surface area contributed by atoms with Crippen molar-refractivity contribution in [2.24, 2.45) is 5.73 Å². The number of pyridine rings is 2. The van der Waals surface area contributed by atoms with Crippen LogP contribution < -0.4 is 10.5 Å². The molecule has 0 bridgehead atoms. The van der Waals surface area contributed by atoms with Crippen LogP contribution in [0.3, 0.4) is 0 Å². The quantitative estimate of drug-likeness (QED) is 0.385. The summed E-state index contributed by atoms with van der Waals surface area (Å²) in [4.78, 5) is 5.90. The Kier molecular flexibility index (Phi) is 6.08. The van der Waals surface area contributed by atoms with E-state index in [1.165, 1.54) is 27.6 Å². The summed E-state index contributed by atoms with van der Waals surface area (Å²) in [5.41, 5.74) is 6.09. The van der Waals surface area contributed by atoms with Gasteiger partial charge in [-0.15, -0.1) is 10.2 Å². The molecule has 1 aromatic carbocycles. The second-order valence-corrected chi connectivity index (χ2v) is 9.57. The predicted molar refractivity (Wildman–Crippen MR) is 127 cm³/mol. The highest BCUT2D eigenvalue weighted by atomic mass is 19.4. The Bertz CT molecular complexity index is 1400. The van der Waals surface area contributed by atoms with E-state index in [2.05, 4.69) is 10.2 Å². The van der Waals surface area contributed by atoms with Gasteiger partial charge in [0.2, 0.25) is 0 Å². The van der Waals surface area contributed by atoms with Gasteiger partial charge in [0, 0.05) is 24.7 Å². The first-order valence-corrected chi connectivity index (χ1v) is 11.6. The summed E-state index contributed by atoms with van der Waals surface area (Å²) in [6.07, 6.45) is -3.13. The predicted octanol–water partition coefficient (Wildman–Crippen LogP) is 4.71. The van der Waals surface area contributed by atoms with Crippen molar-refractivity contribution in [1.29, 1.82) is 0 Å². The molecule has 0 spiro atoms. The second-order valence-electron chi connectivity index (χ2n) is 9.57. The molecule has 190 valence electrons. The van der Waals surface area contributed by atoms with Gasteiger partial charge in [0.25, 0.3) is 0 Å². The highest BCUT2D eigenvalue weighted by Gasteiger charge is 2.49. The molecular weight excluding hydrogens is 476 g/mol. The second kappa shape index (κ2) is 8.97. The minimum atomic E-state index is -4.59. The smallest absolute Gasteiger partial charge is 0.408 e. The van der Waals surface area contributed by atoms with Gasteiger partial charge < -0.3 is 10.5 Å². The number of hydrogen-bond donors (Lipinski definition) is 1. The normalized spacial score (nSPS) is 20.0. The van der Waals surface area contributed by atoms with Gasteiger partial charge in [0.05, 0.1) is 11.6 Å². The number of aromatic nitrogens is 4. The Morgan fingerprint density at radius 1 is 1.11 bits per heavy atom. The van der Waals surface area contributed by atoms with Crippen molar-refractivity contribution in [2.75, 3.05) is 19.8 Å². The lowest BCUT2D eigenvalue weighted by Gasteiger charge is -2.31. The first-order chi connectivity index (χ1) is 17.1. The van der Waals surface area contributed by atoms with E-state index in [1.807, 2.05) is 38.1 Å². The van der Waals surface area contributed by atoms with Gasteiger partial charge in [0.15, 0.2) is 11.5 Å². The maximum absolute atomic E-state index is 14.2. The third-order valence-electron chi connectivity index (χ3n) is 6.37. The number of halogens is 4. The zero-order chi connectivity index (χ0) is 25.7. The zero-order valence-corrected chi connectivity index (χ0v) is 19.8. The highest BCUT2D eigenvalue weighted by molar-refractivity contribution is 5.86. The van der Waals surface area contributed by atoms with Crippen molar-refractivity contribution in [3.63, 3.8) is 0 Å². The van der Waals surface area contributed by atoms with Gasteiger partial charge >= 0.3 is 6.18 Å². The molecular formula is C25H26F4N6O. The summed E-state index contributed by atoms with van der Waals surface area (Å²) in [7, 11) is 0. The van der Waals surface area contributed by atoms with Crippen LogP contribution >= 0.6 is 0 Å². The van der Waals surface area contributed by atoms with E-state index in [0.717, 1.165) is 5.39 Å². The number of fused-ring (bicyclic) bond motifs is 2. The number of nitrogens with zero attached hydrogens (tertiary/aromatic N) is 5. The maximum Gasteiger partial charge on any atom is 0.408 e. The van der Waals surface area contributed by atoms with Crippen LogP contribution in [0, 0.1) is 0 Å². The lowest BCUT2D eigenvalue weighted by molar-refractivity contribution is -0.184. The van der Waals surface area contributed by atoms with Gasteiger partial charge in [-0.2, -0.15) is 13.2 Å². The molecule has 0 aliphatic carbocycles. The summed E-state index contributed by atoms with van der Waals surface area (Å²) in [5, 5.41) is 9.18. The number of alkyl halides is 4. The number of rotatable bonds is 6. The molecule has 1 aliphatic rings. The minimum absolute atomic E-state index is 0.0104. The van der Waals surface area contributed by atoms with Crippen LogP contribution in [0.1, 0.15) is 31.9 Å². The average molecular weight is 503 g/mol. The fourth-order valence-electron chi connectivity index (χ4n) is 4.70. The summed E-state index contributed by atoms with van der Waals surface area (Å²) in [5.74, 6) is 0.899. The molecule has 1 fully saturated rings. The zero-order valence-electron chi connectivity index (χ0n) is 19.8. The number of likely N-dealkylation sites (tertiary alicyclic amines) is 1. The monoisotopic (exact) mass is 502 g/mol. The van der Waals surface area contributed by atoms with E-state index in [-0.39, 0.29) is 31.2 Å². The van der Waals surface area contributed by atoms with E-state index in [0.29, 0.717) is 28.4 Å². The number of hydrogen-bond acceptors (Lipinski definition) is 6. The van der Waals surface area contributed by atoms with Crippen LogP contribution in [0.25, 0.3) is 28.1 Å². The Hall–Kier alpha value is -3.31. The standard InChI is InChI=1S/C25H26F4N6O/c1-15(2)36-19-5-3-4-16-6-8-18(31-21(16)19)23-33-32-20-9-7-17(12-35(20)23)22(25(27,28)29)34-11-10-24(30,13-26)14-34/h3-9,12,15,22H,10-11,13-14,30H2,1-2H3/t22-,24?/m1/s1. The van der Waals surface area contributed by atoms with Crippen LogP contribution in [0.2, 0.25) is 0 Å². The van der Waals surface area contributed by atoms with Crippen molar-refractivity contribution < 1.29 is 22.3 Å². The topological polar surface area (TPSA) is 81.6 Å². The van der Waals surface area contributed by atoms with E-state index in [4.69, 9.17) is 15.5 Å². The third kappa shape index (κ3) is 4.48. The molecule has 2 N–H and O–H groups in total. The van der Waals surface area contributed by atoms with Gasteiger partial charge in [-0.3, -0.25) is 9.30 Å². The van der Waals surface area contributed by atoms with Crippen LogP contribution in [-0.4, -0.2) is 62.1 Å². The highest BCUT2D eigenvalue weighted by Crippen LogP contribution is 2.41. The van der Waals surface area contributed by atoms with Crippen LogP contribution in [0.5, 0.6) is 5.75 Å². The molecule has 2 atom stereocenters.